The fraction of sp³-hybridized carbons (Fsp3) is 0.357. The highest BCUT2D eigenvalue weighted by molar-refractivity contribution is 9.10. The Kier molecular flexibility index (Phi) is 4.19. The molecule has 2 rings (SSSR count). The summed E-state index contributed by atoms with van der Waals surface area (Å²) in [5, 5.41) is 12.6. The summed E-state index contributed by atoms with van der Waals surface area (Å²) in [5.41, 5.74) is 0.284. The number of halogens is 1. The van der Waals surface area contributed by atoms with Crippen LogP contribution in [-0.2, 0) is 4.79 Å². The Morgan fingerprint density at radius 3 is 2.78 bits per heavy atom. The molecule has 0 saturated heterocycles. The molecule has 0 heterocycles. The van der Waals surface area contributed by atoms with Gasteiger partial charge in [0.15, 0.2) is 0 Å². The van der Waals surface area contributed by atoms with Gasteiger partial charge in [-0.3, -0.25) is 4.79 Å². The predicted octanol–water partition coefficient (Wildman–Crippen LogP) is 2.49. The number of rotatable bonds is 4. The first-order chi connectivity index (χ1) is 8.59. The first-order valence-corrected chi connectivity index (χ1v) is 6.81. The average Bonchev–Trinajstić information content (AvgIpc) is 2.33. The van der Waals surface area contributed by atoms with Gasteiger partial charge >= 0.3 is 0 Å². The molecule has 0 spiro atoms. The molecule has 1 aromatic rings. The molecule has 4 heteroatoms. The number of hydrogen-bond donors (Lipinski definition) is 2. The summed E-state index contributed by atoms with van der Waals surface area (Å²) in [6.07, 6.45) is 5.84. The zero-order valence-corrected chi connectivity index (χ0v) is 11.6. The van der Waals surface area contributed by atoms with Crippen molar-refractivity contribution < 1.29 is 9.90 Å². The highest BCUT2D eigenvalue weighted by atomic mass is 79.9. The van der Waals surface area contributed by atoms with Gasteiger partial charge in [0, 0.05) is 17.1 Å². The smallest absolute Gasteiger partial charge is 0.244 e. The van der Waals surface area contributed by atoms with Gasteiger partial charge in [0.1, 0.15) is 0 Å². The van der Waals surface area contributed by atoms with Crippen LogP contribution >= 0.6 is 15.9 Å². The molecule has 1 aliphatic rings. The van der Waals surface area contributed by atoms with Crippen LogP contribution in [0.25, 0.3) is 6.08 Å². The number of nitrogens with one attached hydrogen (secondary N) is 1. The summed E-state index contributed by atoms with van der Waals surface area (Å²) in [6, 6.07) is 7.69. The Hall–Kier alpha value is -1.13. The molecule has 0 aliphatic heterocycles. The SMILES string of the molecule is O=C(/C=C/c1ccccc1Br)NCC1(O)CCC1. The Balaban J connectivity index is 1.85. The number of benzene rings is 1. The van der Waals surface area contributed by atoms with Crippen molar-refractivity contribution in [3.05, 3.63) is 40.4 Å². The maximum absolute atomic E-state index is 11.6. The second kappa shape index (κ2) is 5.67. The maximum Gasteiger partial charge on any atom is 0.244 e. The lowest BCUT2D eigenvalue weighted by atomic mass is 9.80. The third-order valence-electron chi connectivity index (χ3n) is 3.20. The molecule has 1 fully saturated rings. The highest BCUT2D eigenvalue weighted by Crippen LogP contribution is 2.30. The normalized spacial score (nSPS) is 17.4. The lowest BCUT2D eigenvalue weighted by Gasteiger charge is -2.36. The molecule has 1 saturated carbocycles. The zero-order chi connectivity index (χ0) is 13.0. The Bertz CT molecular complexity index is 467. The van der Waals surface area contributed by atoms with Crippen molar-refractivity contribution in [2.24, 2.45) is 0 Å². The van der Waals surface area contributed by atoms with Gasteiger partial charge in [-0.15, -0.1) is 0 Å². The molecule has 0 atom stereocenters. The zero-order valence-electron chi connectivity index (χ0n) is 10.0. The van der Waals surface area contributed by atoms with Gasteiger partial charge < -0.3 is 10.4 Å². The van der Waals surface area contributed by atoms with E-state index in [1.54, 1.807) is 6.08 Å². The van der Waals surface area contributed by atoms with E-state index in [9.17, 15) is 9.90 Å². The van der Waals surface area contributed by atoms with Gasteiger partial charge in [0.2, 0.25) is 5.91 Å². The predicted molar refractivity (Wildman–Crippen MR) is 75.0 cm³/mol. The topological polar surface area (TPSA) is 49.3 Å². The molecule has 1 aliphatic carbocycles. The van der Waals surface area contributed by atoms with Crippen molar-refractivity contribution >= 4 is 27.9 Å². The lowest BCUT2D eigenvalue weighted by molar-refractivity contribution is -0.118. The number of carbonyl (C=O) groups excluding carboxylic acids is 1. The van der Waals surface area contributed by atoms with Crippen molar-refractivity contribution in [2.45, 2.75) is 24.9 Å². The lowest BCUT2D eigenvalue weighted by Crippen LogP contribution is -2.47. The molecule has 0 aromatic heterocycles. The van der Waals surface area contributed by atoms with Crippen molar-refractivity contribution in [3.8, 4) is 0 Å². The first-order valence-electron chi connectivity index (χ1n) is 6.02. The van der Waals surface area contributed by atoms with Gasteiger partial charge in [-0.2, -0.15) is 0 Å². The van der Waals surface area contributed by atoms with Crippen LogP contribution in [0.15, 0.2) is 34.8 Å². The van der Waals surface area contributed by atoms with Gasteiger partial charge in [-0.25, -0.2) is 0 Å². The standard InChI is InChI=1S/C14H16BrNO2/c15-12-5-2-1-4-11(12)6-7-13(17)16-10-14(18)8-3-9-14/h1-2,4-7,18H,3,8-10H2,(H,16,17)/b7-6+. The minimum Gasteiger partial charge on any atom is -0.388 e. The summed E-state index contributed by atoms with van der Waals surface area (Å²) in [4.78, 5) is 11.6. The van der Waals surface area contributed by atoms with Crippen LogP contribution in [0.4, 0.5) is 0 Å². The highest BCUT2D eigenvalue weighted by Gasteiger charge is 2.34. The van der Waals surface area contributed by atoms with E-state index in [4.69, 9.17) is 0 Å². The van der Waals surface area contributed by atoms with Gasteiger partial charge in [0.25, 0.3) is 0 Å². The number of amides is 1. The Morgan fingerprint density at radius 1 is 1.44 bits per heavy atom. The van der Waals surface area contributed by atoms with E-state index < -0.39 is 5.60 Å². The van der Waals surface area contributed by atoms with E-state index in [2.05, 4.69) is 21.2 Å². The molecular formula is C14H16BrNO2. The fourth-order valence-corrected chi connectivity index (χ4v) is 2.26. The second-order valence-corrected chi connectivity index (χ2v) is 5.50. The van der Waals surface area contributed by atoms with Gasteiger partial charge in [0.05, 0.1) is 5.60 Å². The van der Waals surface area contributed by atoms with Crippen LogP contribution in [0.5, 0.6) is 0 Å². The van der Waals surface area contributed by atoms with E-state index >= 15 is 0 Å². The third-order valence-corrected chi connectivity index (χ3v) is 3.92. The first kappa shape index (κ1) is 13.3. The van der Waals surface area contributed by atoms with E-state index in [0.717, 1.165) is 29.3 Å². The van der Waals surface area contributed by atoms with Gasteiger partial charge in [-0.1, -0.05) is 34.1 Å². The number of aliphatic hydroxyl groups is 1. The van der Waals surface area contributed by atoms with Crippen LogP contribution < -0.4 is 5.32 Å². The summed E-state index contributed by atoms with van der Waals surface area (Å²) in [6.45, 7) is 0.339. The number of hydrogen-bond acceptors (Lipinski definition) is 2. The van der Waals surface area contributed by atoms with Crippen LogP contribution in [0.2, 0.25) is 0 Å². The van der Waals surface area contributed by atoms with Crippen LogP contribution in [-0.4, -0.2) is 23.2 Å². The monoisotopic (exact) mass is 309 g/mol. The molecule has 1 aromatic carbocycles. The summed E-state index contributed by atoms with van der Waals surface area (Å²) in [5.74, 6) is -0.175. The molecular weight excluding hydrogens is 294 g/mol. The van der Waals surface area contributed by atoms with Crippen molar-refractivity contribution in [3.63, 3.8) is 0 Å². The van der Waals surface area contributed by atoms with Crippen LogP contribution in [0.1, 0.15) is 24.8 Å². The maximum atomic E-state index is 11.6. The van der Waals surface area contributed by atoms with E-state index in [1.807, 2.05) is 24.3 Å². The van der Waals surface area contributed by atoms with Crippen LogP contribution in [0, 0.1) is 0 Å². The fourth-order valence-electron chi connectivity index (χ4n) is 1.85. The summed E-state index contributed by atoms with van der Waals surface area (Å²) >= 11 is 3.41. The molecule has 0 radical (unpaired) electrons. The third kappa shape index (κ3) is 3.43. The van der Waals surface area contributed by atoms with Gasteiger partial charge in [-0.05, 0) is 37.0 Å². The van der Waals surface area contributed by atoms with Crippen molar-refractivity contribution in [1.29, 1.82) is 0 Å². The minimum atomic E-state index is -0.670. The second-order valence-electron chi connectivity index (χ2n) is 4.65. The molecule has 96 valence electrons. The Labute approximate surface area is 115 Å². The molecule has 3 nitrogen and oxygen atoms in total. The molecule has 1 amide bonds. The molecule has 0 unspecified atom stereocenters. The van der Waals surface area contributed by atoms with E-state index in [-0.39, 0.29) is 5.91 Å². The summed E-state index contributed by atoms with van der Waals surface area (Å²) in [7, 11) is 0. The average molecular weight is 310 g/mol. The Morgan fingerprint density at radius 2 is 2.17 bits per heavy atom. The minimum absolute atomic E-state index is 0.175. The molecule has 2 N–H and O–H groups in total. The van der Waals surface area contributed by atoms with E-state index in [0.29, 0.717) is 6.54 Å². The van der Waals surface area contributed by atoms with Crippen molar-refractivity contribution in [1.82, 2.24) is 5.32 Å². The molecule has 18 heavy (non-hydrogen) atoms. The van der Waals surface area contributed by atoms with Crippen LogP contribution in [0.3, 0.4) is 0 Å². The quantitative estimate of drug-likeness (QED) is 0.840. The van der Waals surface area contributed by atoms with E-state index in [1.165, 1.54) is 6.08 Å². The molecule has 0 bridgehead atoms. The number of carbonyl (C=O) groups is 1. The summed E-state index contributed by atoms with van der Waals surface area (Å²) < 4.78 is 0.951. The van der Waals surface area contributed by atoms with Crippen molar-refractivity contribution in [2.75, 3.05) is 6.54 Å². The largest absolute Gasteiger partial charge is 0.388 e.